The molecule has 0 spiro atoms. The molecule has 1 aliphatic rings. The number of nitrogens with one attached hydrogen (secondary N) is 1. The van der Waals surface area contributed by atoms with Crippen molar-refractivity contribution in [1.29, 1.82) is 0 Å². The van der Waals surface area contributed by atoms with Gasteiger partial charge in [-0.3, -0.25) is 4.79 Å². The lowest BCUT2D eigenvalue weighted by Gasteiger charge is -2.16. The third-order valence-corrected chi connectivity index (χ3v) is 7.92. The van der Waals surface area contributed by atoms with Crippen LogP contribution in [0.15, 0.2) is 58.3 Å². The van der Waals surface area contributed by atoms with Crippen LogP contribution < -0.4 is 5.32 Å². The first-order valence-corrected chi connectivity index (χ1v) is 12.6. The van der Waals surface area contributed by atoms with Gasteiger partial charge in [-0.25, -0.2) is 8.42 Å². The molecule has 1 fully saturated rings. The average molecular weight is 433 g/mol. The number of carbonyl (C=O) groups excluding carboxylic acids is 1. The fourth-order valence-corrected chi connectivity index (χ4v) is 5.38. The summed E-state index contributed by atoms with van der Waals surface area (Å²) in [4.78, 5) is 13.8. The number of carbonyl (C=O) groups is 1. The van der Waals surface area contributed by atoms with Crippen LogP contribution in [0.25, 0.3) is 0 Å². The van der Waals surface area contributed by atoms with Crippen molar-refractivity contribution in [3.8, 4) is 0 Å². The van der Waals surface area contributed by atoms with Crippen molar-refractivity contribution in [2.24, 2.45) is 0 Å². The van der Waals surface area contributed by atoms with E-state index in [1.807, 2.05) is 25.3 Å². The highest BCUT2D eigenvalue weighted by Gasteiger charge is 2.26. The highest BCUT2D eigenvalue weighted by molar-refractivity contribution is 7.98. The number of benzene rings is 2. The van der Waals surface area contributed by atoms with E-state index in [1.54, 1.807) is 40.3 Å². The van der Waals surface area contributed by atoms with Crippen LogP contribution in [0.4, 0.5) is 0 Å². The largest absolute Gasteiger partial charge is 0.350 e. The maximum atomic E-state index is 12.6. The van der Waals surface area contributed by atoms with Crippen LogP contribution in [0.1, 0.15) is 43.4 Å². The molecule has 29 heavy (non-hydrogen) atoms. The van der Waals surface area contributed by atoms with Gasteiger partial charge < -0.3 is 5.32 Å². The predicted octanol–water partition coefficient (Wildman–Crippen LogP) is 4.00. The van der Waals surface area contributed by atoms with Gasteiger partial charge in [-0.1, -0.05) is 24.3 Å². The number of amides is 1. The monoisotopic (exact) mass is 432 g/mol. The van der Waals surface area contributed by atoms with Crippen LogP contribution >= 0.6 is 11.8 Å². The molecule has 2 aromatic rings. The number of sulfonamides is 1. The summed E-state index contributed by atoms with van der Waals surface area (Å²) < 4.78 is 26.7. The van der Waals surface area contributed by atoms with Crippen molar-refractivity contribution < 1.29 is 13.2 Å². The number of hydrogen-bond acceptors (Lipinski definition) is 4. The summed E-state index contributed by atoms with van der Waals surface area (Å²) in [5.41, 5.74) is 2.03. The molecule has 3 rings (SSSR count). The van der Waals surface area contributed by atoms with E-state index in [0.29, 0.717) is 30.8 Å². The van der Waals surface area contributed by atoms with Crippen molar-refractivity contribution in [3.63, 3.8) is 0 Å². The third kappa shape index (κ3) is 5.62. The lowest BCUT2D eigenvalue weighted by atomic mass is 10.1. The van der Waals surface area contributed by atoms with Gasteiger partial charge in [0.2, 0.25) is 15.9 Å². The number of hydrogen-bond donors (Lipinski definition) is 1. The summed E-state index contributed by atoms with van der Waals surface area (Å²) in [6, 6.07) is 15.1. The molecule has 0 aliphatic carbocycles. The van der Waals surface area contributed by atoms with Gasteiger partial charge in [0.25, 0.3) is 0 Å². The summed E-state index contributed by atoms with van der Waals surface area (Å²) in [6.07, 6.45) is 4.83. The zero-order valence-corrected chi connectivity index (χ0v) is 18.6. The summed E-state index contributed by atoms with van der Waals surface area (Å²) in [6.45, 7) is 3.18. The fraction of sp³-hybridized carbons (Fsp3) is 0.409. The van der Waals surface area contributed by atoms with Crippen molar-refractivity contribution in [1.82, 2.24) is 9.62 Å². The van der Waals surface area contributed by atoms with Crippen LogP contribution in [0, 0.1) is 0 Å². The van der Waals surface area contributed by atoms with E-state index in [-0.39, 0.29) is 11.9 Å². The Morgan fingerprint density at radius 3 is 2.28 bits per heavy atom. The minimum absolute atomic E-state index is 0.0137. The van der Waals surface area contributed by atoms with E-state index in [4.69, 9.17) is 0 Å². The van der Waals surface area contributed by atoms with E-state index >= 15 is 0 Å². The van der Waals surface area contributed by atoms with Crippen molar-refractivity contribution >= 4 is 27.7 Å². The summed E-state index contributed by atoms with van der Waals surface area (Å²) in [5.74, 6) is -0.0137. The molecule has 0 radical (unpaired) electrons. The van der Waals surface area contributed by atoms with Gasteiger partial charge in [-0.15, -0.1) is 11.8 Å². The average Bonchev–Trinajstić information content (AvgIpc) is 3.28. The van der Waals surface area contributed by atoms with Gasteiger partial charge in [0.05, 0.1) is 10.9 Å². The Morgan fingerprint density at radius 2 is 1.69 bits per heavy atom. The Balaban J connectivity index is 1.52. The fourth-order valence-electron chi connectivity index (χ4n) is 3.45. The van der Waals surface area contributed by atoms with E-state index in [0.717, 1.165) is 24.0 Å². The van der Waals surface area contributed by atoms with Crippen LogP contribution in [0.5, 0.6) is 0 Å². The summed E-state index contributed by atoms with van der Waals surface area (Å²) in [5, 5.41) is 3.03. The molecule has 1 saturated heterocycles. The highest BCUT2D eigenvalue weighted by Crippen LogP contribution is 2.22. The van der Waals surface area contributed by atoms with Crippen LogP contribution in [0.3, 0.4) is 0 Å². The number of thioether (sulfide) groups is 1. The van der Waals surface area contributed by atoms with Gasteiger partial charge in [0.15, 0.2) is 0 Å². The van der Waals surface area contributed by atoms with E-state index in [2.05, 4.69) is 17.4 Å². The molecule has 0 unspecified atom stereocenters. The number of aryl methyl sites for hydroxylation is 1. The van der Waals surface area contributed by atoms with Crippen molar-refractivity contribution in [2.75, 3.05) is 19.3 Å². The van der Waals surface area contributed by atoms with Crippen LogP contribution in [0.2, 0.25) is 0 Å². The molecule has 7 heteroatoms. The van der Waals surface area contributed by atoms with Gasteiger partial charge in [0, 0.05) is 24.4 Å². The lowest BCUT2D eigenvalue weighted by Crippen LogP contribution is -2.27. The predicted molar refractivity (Wildman–Crippen MR) is 118 cm³/mol. The van der Waals surface area contributed by atoms with E-state index in [9.17, 15) is 13.2 Å². The number of nitrogens with zero attached hydrogens (tertiary/aromatic N) is 1. The highest BCUT2D eigenvalue weighted by atomic mass is 32.2. The minimum atomic E-state index is -3.39. The quantitative estimate of drug-likeness (QED) is 0.640. The first-order valence-electron chi connectivity index (χ1n) is 9.92. The Morgan fingerprint density at radius 1 is 1.07 bits per heavy atom. The minimum Gasteiger partial charge on any atom is -0.350 e. The molecule has 0 saturated carbocycles. The SMILES string of the molecule is CSc1ccc([C@H](C)NC(=O)CCc2ccc(S(=O)(=O)N3CCCC3)cc2)cc1. The van der Waals surface area contributed by atoms with Gasteiger partial charge >= 0.3 is 0 Å². The second kappa shape index (κ2) is 9.78. The molecular weight excluding hydrogens is 404 g/mol. The molecule has 1 N–H and O–H groups in total. The zero-order valence-electron chi connectivity index (χ0n) is 16.9. The lowest BCUT2D eigenvalue weighted by molar-refractivity contribution is -0.121. The first kappa shape index (κ1) is 21.9. The van der Waals surface area contributed by atoms with Crippen LogP contribution in [-0.2, 0) is 21.2 Å². The topological polar surface area (TPSA) is 66.5 Å². The second-order valence-corrected chi connectivity index (χ2v) is 10.1. The summed E-state index contributed by atoms with van der Waals surface area (Å²) >= 11 is 1.69. The first-order chi connectivity index (χ1) is 13.9. The molecule has 2 aromatic carbocycles. The smallest absolute Gasteiger partial charge is 0.243 e. The van der Waals surface area contributed by atoms with E-state index < -0.39 is 10.0 Å². The summed E-state index contributed by atoms with van der Waals surface area (Å²) in [7, 11) is -3.39. The Kier molecular flexibility index (Phi) is 7.38. The van der Waals surface area contributed by atoms with Gasteiger partial charge in [-0.2, -0.15) is 4.31 Å². The Bertz CT molecular complexity index is 920. The van der Waals surface area contributed by atoms with E-state index in [1.165, 1.54) is 4.90 Å². The number of rotatable bonds is 8. The van der Waals surface area contributed by atoms with Crippen molar-refractivity contribution in [2.45, 2.75) is 48.4 Å². The molecule has 0 bridgehead atoms. The second-order valence-electron chi connectivity index (χ2n) is 7.32. The maximum Gasteiger partial charge on any atom is 0.243 e. The molecule has 0 aromatic heterocycles. The molecule has 5 nitrogen and oxygen atoms in total. The Labute approximate surface area is 177 Å². The molecular formula is C22H28N2O3S2. The molecule has 156 valence electrons. The van der Waals surface area contributed by atoms with Gasteiger partial charge in [-0.05, 0) is 67.8 Å². The molecule has 1 heterocycles. The van der Waals surface area contributed by atoms with Gasteiger partial charge in [0.1, 0.15) is 0 Å². The van der Waals surface area contributed by atoms with Crippen LogP contribution in [-0.4, -0.2) is 38.0 Å². The molecule has 1 amide bonds. The third-order valence-electron chi connectivity index (χ3n) is 5.26. The normalized spacial score (nSPS) is 15.9. The molecule has 1 atom stereocenters. The zero-order chi connectivity index (χ0) is 20.9. The Hall–Kier alpha value is -1.83. The standard InChI is InChI=1S/C22H28N2O3S2/c1-17(19-8-10-20(28-2)11-9-19)23-22(25)14-7-18-5-12-21(13-6-18)29(26,27)24-15-3-4-16-24/h5-6,8-13,17H,3-4,7,14-16H2,1-2H3,(H,23,25)/t17-/m0/s1. The van der Waals surface area contributed by atoms with Crippen molar-refractivity contribution in [3.05, 3.63) is 59.7 Å². The molecule has 1 aliphatic heterocycles. The maximum absolute atomic E-state index is 12.6.